The van der Waals surface area contributed by atoms with E-state index in [0.29, 0.717) is 11.0 Å². The molecule has 0 spiro atoms. The van der Waals surface area contributed by atoms with E-state index in [9.17, 15) is 0 Å². The first kappa shape index (κ1) is 9.04. The summed E-state index contributed by atoms with van der Waals surface area (Å²) >= 11 is 5.91. The first-order valence-corrected chi connectivity index (χ1v) is 5.53. The Morgan fingerprint density at radius 3 is 3.00 bits per heavy atom. The van der Waals surface area contributed by atoms with Crippen LogP contribution in [0.5, 0.6) is 0 Å². The van der Waals surface area contributed by atoms with E-state index in [-0.39, 0.29) is 0 Å². The first-order chi connectivity index (χ1) is 7.24. The molecule has 0 radical (unpaired) electrons. The highest BCUT2D eigenvalue weighted by atomic mass is 35.5. The number of nitrogens with two attached hydrogens (primary N) is 1. The zero-order chi connectivity index (χ0) is 10.4. The monoisotopic (exact) mass is 221 g/mol. The second-order valence-corrected chi connectivity index (χ2v) is 4.59. The molecule has 2 N–H and O–H groups in total. The van der Waals surface area contributed by atoms with Gasteiger partial charge in [-0.05, 0) is 37.0 Å². The van der Waals surface area contributed by atoms with Gasteiger partial charge in [-0.2, -0.15) is 0 Å². The Balaban J connectivity index is 2.13. The summed E-state index contributed by atoms with van der Waals surface area (Å²) in [5, 5.41) is 0.707. The second-order valence-electron chi connectivity index (χ2n) is 4.16. The van der Waals surface area contributed by atoms with Crippen molar-refractivity contribution in [3.63, 3.8) is 0 Å². The molecule has 0 aliphatic heterocycles. The number of anilines is 1. The van der Waals surface area contributed by atoms with E-state index < -0.39 is 0 Å². The van der Waals surface area contributed by atoms with Crippen molar-refractivity contribution in [1.29, 1.82) is 0 Å². The van der Waals surface area contributed by atoms with Crippen LogP contribution in [0.4, 0.5) is 5.95 Å². The molecule has 2 aromatic rings. The van der Waals surface area contributed by atoms with Crippen LogP contribution < -0.4 is 5.73 Å². The van der Waals surface area contributed by atoms with Crippen LogP contribution in [-0.2, 0) is 6.54 Å². The molecule has 0 bridgehead atoms. The molecule has 0 unspecified atom stereocenters. The lowest BCUT2D eigenvalue weighted by Gasteiger charge is -2.04. The van der Waals surface area contributed by atoms with Gasteiger partial charge in [-0.15, -0.1) is 0 Å². The summed E-state index contributed by atoms with van der Waals surface area (Å²) in [6.45, 7) is 0.990. The van der Waals surface area contributed by atoms with Crippen molar-refractivity contribution in [2.24, 2.45) is 5.92 Å². The summed E-state index contributed by atoms with van der Waals surface area (Å²) in [6.07, 6.45) is 2.62. The minimum absolute atomic E-state index is 0.596. The third-order valence-electron chi connectivity index (χ3n) is 2.88. The smallest absolute Gasteiger partial charge is 0.201 e. The predicted molar refractivity (Wildman–Crippen MR) is 61.9 cm³/mol. The van der Waals surface area contributed by atoms with E-state index >= 15 is 0 Å². The highest BCUT2D eigenvalue weighted by Crippen LogP contribution is 2.33. The van der Waals surface area contributed by atoms with Crippen molar-refractivity contribution in [3.8, 4) is 0 Å². The maximum atomic E-state index is 5.91. The lowest BCUT2D eigenvalue weighted by molar-refractivity contribution is 0.650. The van der Waals surface area contributed by atoms with Gasteiger partial charge in [0.15, 0.2) is 0 Å². The number of hydrogen-bond donors (Lipinski definition) is 1. The van der Waals surface area contributed by atoms with Gasteiger partial charge in [0.05, 0.1) is 11.0 Å². The van der Waals surface area contributed by atoms with Gasteiger partial charge in [-0.25, -0.2) is 4.98 Å². The molecule has 15 heavy (non-hydrogen) atoms. The maximum Gasteiger partial charge on any atom is 0.201 e. The average molecular weight is 222 g/mol. The molecule has 3 rings (SSSR count). The third-order valence-corrected chi connectivity index (χ3v) is 3.11. The number of benzene rings is 1. The molecule has 0 saturated heterocycles. The van der Waals surface area contributed by atoms with Crippen molar-refractivity contribution in [2.45, 2.75) is 19.4 Å². The standard InChI is InChI=1S/C11H12ClN3/c12-8-3-4-10-9(5-8)14-11(13)15(10)6-7-1-2-7/h3-5,7H,1-2,6H2,(H2,13,14). The summed E-state index contributed by atoms with van der Waals surface area (Å²) in [4.78, 5) is 4.31. The van der Waals surface area contributed by atoms with Crippen LogP contribution in [0.3, 0.4) is 0 Å². The van der Waals surface area contributed by atoms with Gasteiger partial charge in [0.1, 0.15) is 0 Å². The van der Waals surface area contributed by atoms with Crippen LogP contribution in [0.25, 0.3) is 11.0 Å². The number of fused-ring (bicyclic) bond motifs is 1. The van der Waals surface area contributed by atoms with Crippen LogP contribution >= 0.6 is 11.6 Å². The van der Waals surface area contributed by atoms with Gasteiger partial charge < -0.3 is 10.3 Å². The number of halogens is 1. The molecule has 1 aliphatic carbocycles. The molecule has 1 fully saturated rings. The topological polar surface area (TPSA) is 43.8 Å². The highest BCUT2D eigenvalue weighted by molar-refractivity contribution is 6.31. The summed E-state index contributed by atoms with van der Waals surface area (Å²) in [7, 11) is 0. The number of nitrogens with zero attached hydrogens (tertiary/aromatic N) is 2. The Kier molecular flexibility index (Phi) is 1.89. The summed E-state index contributed by atoms with van der Waals surface area (Å²) in [5.41, 5.74) is 7.86. The minimum Gasteiger partial charge on any atom is -0.369 e. The lowest BCUT2D eigenvalue weighted by Crippen LogP contribution is -2.04. The third kappa shape index (κ3) is 1.57. The summed E-state index contributed by atoms with van der Waals surface area (Å²) < 4.78 is 2.09. The quantitative estimate of drug-likeness (QED) is 0.848. The number of imidazole rings is 1. The van der Waals surface area contributed by atoms with E-state index in [0.717, 1.165) is 23.5 Å². The van der Waals surface area contributed by atoms with Crippen molar-refractivity contribution < 1.29 is 0 Å². The maximum absolute atomic E-state index is 5.91. The highest BCUT2D eigenvalue weighted by Gasteiger charge is 2.23. The summed E-state index contributed by atoms with van der Waals surface area (Å²) in [5.74, 6) is 1.39. The average Bonchev–Trinajstić information content (AvgIpc) is 2.93. The molecule has 0 atom stereocenters. The molecule has 0 amide bonds. The van der Waals surface area contributed by atoms with Crippen LogP contribution in [0.2, 0.25) is 5.02 Å². The molecule has 1 aromatic carbocycles. The predicted octanol–water partition coefficient (Wildman–Crippen LogP) is 2.68. The molecular formula is C11H12ClN3. The molecule has 1 heterocycles. The van der Waals surface area contributed by atoms with E-state index in [1.165, 1.54) is 12.8 Å². The number of aromatic nitrogens is 2. The fourth-order valence-corrected chi connectivity index (χ4v) is 2.04. The van der Waals surface area contributed by atoms with Gasteiger partial charge in [0.25, 0.3) is 0 Å². The number of hydrogen-bond acceptors (Lipinski definition) is 2. The van der Waals surface area contributed by atoms with Crippen LogP contribution in [0.1, 0.15) is 12.8 Å². The molecular weight excluding hydrogens is 210 g/mol. The van der Waals surface area contributed by atoms with Gasteiger partial charge in [0.2, 0.25) is 5.95 Å². The zero-order valence-electron chi connectivity index (χ0n) is 8.28. The molecule has 1 aromatic heterocycles. The molecule has 3 nitrogen and oxygen atoms in total. The fourth-order valence-electron chi connectivity index (χ4n) is 1.87. The van der Waals surface area contributed by atoms with Gasteiger partial charge in [-0.3, -0.25) is 0 Å². The number of rotatable bonds is 2. The van der Waals surface area contributed by atoms with Gasteiger partial charge in [0, 0.05) is 11.6 Å². The first-order valence-electron chi connectivity index (χ1n) is 5.15. The Morgan fingerprint density at radius 2 is 2.27 bits per heavy atom. The van der Waals surface area contributed by atoms with E-state index in [4.69, 9.17) is 17.3 Å². The van der Waals surface area contributed by atoms with Crippen molar-refractivity contribution in [2.75, 3.05) is 5.73 Å². The minimum atomic E-state index is 0.596. The molecule has 1 saturated carbocycles. The lowest BCUT2D eigenvalue weighted by atomic mass is 10.3. The van der Waals surface area contributed by atoms with Gasteiger partial charge in [-0.1, -0.05) is 11.6 Å². The van der Waals surface area contributed by atoms with E-state index in [2.05, 4.69) is 9.55 Å². The van der Waals surface area contributed by atoms with Crippen LogP contribution in [-0.4, -0.2) is 9.55 Å². The van der Waals surface area contributed by atoms with Crippen LogP contribution in [0, 0.1) is 5.92 Å². The zero-order valence-corrected chi connectivity index (χ0v) is 9.04. The Bertz CT molecular complexity index is 514. The fraction of sp³-hybridized carbons (Fsp3) is 0.364. The van der Waals surface area contributed by atoms with Crippen molar-refractivity contribution in [1.82, 2.24) is 9.55 Å². The molecule has 4 heteroatoms. The summed E-state index contributed by atoms with van der Waals surface area (Å²) in [6, 6.07) is 5.73. The number of nitrogen functional groups attached to an aromatic ring is 1. The van der Waals surface area contributed by atoms with E-state index in [1.54, 1.807) is 0 Å². The normalized spacial score (nSPS) is 16.1. The van der Waals surface area contributed by atoms with Crippen molar-refractivity contribution >= 4 is 28.6 Å². The van der Waals surface area contributed by atoms with Gasteiger partial charge >= 0.3 is 0 Å². The van der Waals surface area contributed by atoms with Crippen LogP contribution in [0.15, 0.2) is 18.2 Å². The Labute approximate surface area is 92.8 Å². The SMILES string of the molecule is Nc1nc2cc(Cl)ccc2n1CC1CC1. The van der Waals surface area contributed by atoms with Crippen molar-refractivity contribution in [3.05, 3.63) is 23.2 Å². The van der Waals surface area contributed by atoms with E-state index in [1.807, 2.05) is 18.2 Å². The molecule has 1 aliphatic rings. The Hall–Kier alpha value is -1.22. The largest absolute Gasteiger partial charge is 0.369 e. The Morgan fingerprint density at radius 1 is 1.47 bits per heavy atom. The molecule has 78 valence electrons. The second kappa shape index (κ2) is 3.14.